The van der Waals surface area contributed by atoms with Gasteiger partial charge in [0.25, 0.3) is 0 Å². The van der Waals surface area contributed by atoms with Gasteiger partial charge < -0.3 is 15.3 Å². The third-order valence-corrected chi connectivity index (χ3v) is 3.05. The molecule has 1 atom stereocenters. The Morgan fingerprint density at radius 3 is 2.69 bits per heavy atom. The minimum atomic E-state index is -1.12. The van der Waals surface area contributed by atoms with E-state index in [0.717, 1.165) is 4.88 Å². The average molecular weight is 242 g/mol. The van der Waals surface area contributed by atoms with Crippen molar-refractivity contribution in [1.82, 2.24) is 10.2 Å². The smallest absolute Gasteiger partial charge is 0.405 e. The van der Waals surface area contributed by atoms with Crippen LogP contribution >= 0.6 is 11.3 Å². The quantitative estimate of drug-likeness (QED) is 0.841. The molecular weight excluding hydrogens is 228 g/mol. The van der Waals surface area contributed by atoms with E-state index in [4.69, 9.17) is 5.11 Å². The molecule has 0 bridgehead atoms. The summed E-state index contributed by atoms with van der Waals surface area (Å²) in [6.07, 6.45) is -0.982. The van der Waals surface area contributed by atoms with E-state index in [2.05, 4.69) is 5.32 Å². The van der Waals surface area contributed by atoms with Crippen LogP contribution in [0.2, 0.25) is 0 Å². The molecule has 1 aromatic heterocycles. The lowest BCUT2D eigenvalue weighted by atomic mass is 10.1. The van der Waals surface area contributed by atoms with Crippen molar-refractivity contribution in [2.45, 2.75) is 12.5 Å². The maximum absolute atomic E-state index is 11.5. The Bertz CT molecular complexity index is 362. The van der Waals surface area contributed by atoms with Gasteiger partial charge in [0.2, 0.25) is 5.91 Å². The first kappa shape index (κ1) is 12.5. The number of thiophene rings is 1. The third-order valence-electron chi connectivity index (χ3n) is 2.06. The van der Waals surface area contributed by atoms with Gasteiger partial charge in [0.05, 0.1) is 12.5 Å². The van der Waals surface area contributed by atoms with E-state index in [1.807, 2.05) is 17.5 Å². The predicted octanol–water partition coefficient (Wildman–Crippen LogP) is 1.54. The molecule has 16 heavy (non-hydrogen) atoms. The molecule has 1 rings (SSSR count). The Hall–Kier alpha value is -1.56. The molecule has 1 heterocycles. The summed E-state index contributed by atoms with van der Waals surface area (Å²) in [5, 5.41) is 12.9. The normalized spacial score (nSPS) is 11.9. The Kier molecular flexibility index (Phi) is 4.30. The molecule has 1 unspecified atom stereocenters. The second-order valence-electron chi connectivity index (χ2n) is 3.51. The molecule has 88 valence electrons. The molecule has 0 saturated heterocycles. The number of hydrogen-bond donors (Lipinski definition) is 2. The number of carbonyl (C=O) groups excluding carboxylic acids is 1. The van der Waals surface area contributed by atoms with E-state index in [-0.39, 0.29) is 12.3 Å². The highest BCUT2D eigenvalue weighted by molar-refractivity contribution is 7.10. The maximum atomic E-state index is 11.5. The van der Waals surface area contributed by atoms with Gasteiger partial charge in [-0.2, -0.15) is 0 Å². The monoisotopic (exact) mass is 242 g/mol. The summed E-state index contributed by atoms with van der Waals surface area (Å²) in [4.78, 5) is 24.4. The lowest BCUT2D eigenvalue weighted by Gasteiger charge is -2.17. The van der Waals surface area contributed by atoms with E-state index in [1.165, 1.54) is 16.2 Å². The van der Waals surface area contributed by atoms with Crippen molar-refractivity contribution in [1.29, 1.82) is 0 Å². The van der Waals surface area contributed by atoms with Gasteiger partial charge in [-0.3, -0.25) is 4.79 Å². The number of carbonyl (C=O) groups is 2. The fourth-order valence-electron chi connectivity index (χ4n) is 1.22. The lowest BCUT2D eigenvalue weighted by molar-refractivity contribution is -0.129. The molecule has 5 nitrogen and oxygen atoms in total. The first-order valence-corrected chi connectivity index (χ1v) is 5.61. The van der Waals surface area contributed by atoms with Crippen molar-refractivity contribution in [2.75, 3.05) is 14.1 Å². The van der Waals surface area contributed by atoms with E-state index < -0.39 is 12.1 Å². The van der Waals surface area contributed by atoms with E-state index in [1.54, 1.807) is 14.1 Å². The number of amides is 2. The van der Waals surface area contributed by atoms with Crippen molar-refractivity contribution >= 4 is 23.3 Å². The molecule has 2 N–H and O–H groups in total. The highest BCUT2D eigenvalue weighted by Gasteiger charge is 2.19. The van der Waals surface area contributed by atoms with Crippen LogP contribution in [0.5, 0.6) is 0 Å². The average Bonchev–Trinajstić information content (AvgIpc) is 2.68. The van der Waals surface area contributed by atoms with Crippen LogP contribution in [0.4, 0.5) is 4.79 Å². The molecule has 0 spiro atoms. The Morgan fingerprint density at radius 1 is 1.56 bits per heavy atom. The summed E-state index contributed by atoms with van der Waals surface area (Å²) >= 11 is 1.43. The van der Waals surface area contributed by atoms with Crippen LogP contribution in [0, 0.1) is 0 Å². The summed E-state index contributed by atoms with van der Waals surface area (Å²) in [5.74, 6) is -0.104. The summed E-state index contributed by atoms with van der Waals surface area (Å²) in [7, 11) is 3.29. The van der Waals surface area contributed by atoms with E-state index >= 15 is 0 Å². The van der Waals surface area contributed by atoms with Crippen LogP contribution in [0.1, 0.15) is 17.3 Å². The van der Waals surface area contributed by atoms with Gasteiger partial charge in [0, 0.05) is 19.0 Å². The zero-order chi connectivity index (χ0) is 12.1. The molecule has 2 amide bonds. The van der Waals surface area contributed by atoms with Crippen LogP contribution in [0.25, 0.3) is 0 Å². The molecule has 6 heteroatoms. The maximum Gasteiger partial charge on any atom is 0.405 e. The molecule has 0 aliphatic rings. The predicted molar refractivity (Wildman–Crippen MR) is 61.5 cm³/mol. The van der Waals surface area contributed by atoms with E-state index in [9.17, 15) is 9.59 Å². The van der Waals surface area contributed by atoms with Gasteiger partial charge in [-0.05, 0) is 11.4 Å². The molecule has 0 saturated carbocycles. The summed E-state index contributed by atoms with van der Waals surface area (Å²) in [5.41, 5.74) is 0. The second kappa shape index (κ2) is 5.50. The largest absolute Gasteiger partial charge is 0.465 e. The third kappa shape index (κ3) is 3.54. The van der Waals surface area contributed by atoms with E-state index in [0.29, 0.717) is 0 Å². The van der Waals surface area contributed by atoms with Crippen LogP contribution < -0.4 is 5.32 Å². The Labute approximate surface area is 97.7 Å². The fourth-order valence-corrected chi connectivity index (χ4v) is 2.00. The first-order valence-electron chi connectivity index (χ1n) is 4.73. The summed E-state index contributed by atoms with van der Waals surface area (Å²) < 4.78 is 0. The second-order valence-corrected chi connectivity index (χ2v) is 4.49. The van der Waals surface area contributed by atoms with Crippen molar-refractivity contribution in [3.63, 3.8) is 0 Å². The minimum absolute atomic E-state index is 0.104. The van der Waals surface area contributed by atoms with Gasteiger partial charge in [0.15, 0.2) is 0 Å². The first-order chi connectivity index (χ1) is 7.50. The van der Waals surface area contributed by atoms with Gasteiger partial charge in [0.1, 0.15) is 0 Å². The van der Waals surface area contributed by atoms with Crippen LogP contribution in [0.3, 0.4) is 0 Å². The number of rotatable bonds is 4. The van der Waals surface area contributed by atoms with Crippen LogP contribution in [-0.2, 0) is 4.79 Å². The molecule has 0 aliphatic carbocycles. The molecule has 1 aromatic rings. The number of nitrogens with zero attached hydrogens (tertiary/aromatic N) is 1. The highest BCUT2D eigenvalue weighted by Crippen LogP contribution is 2.22. The van der Waals surface area contributed by atoms with Crippen molar-refractivity contribution in [2.24, 2.45) is 0 Å². The number of carboxylic acid groups (broad SMARTS) is 1. The zero-order valence-corrected chi connectivity index (χ0v) is 9.95. The van der Waals surface area contributed by atoms with Crippen LogP contribution in [0.15, 0.2) is 17.5 Å². The van der Waals surface area contributed by atoms with Crippen LogP contribution in [-0.4, -0.2) is 36.1 Å². The fraction of sp³-hybridized carbons (Fsp3) is 0.400. The van der Waals surface area contributed by atoms with Gasteiger partial charge in [-0.1, -0.05) is 6.07 Å². The Balaban J connectivity index is 2.72. The Morgan fingerprint density at radius 2 is 2.25 bits per heavy atom. The minimum Gasteiger partial charge on any atom is -0.465 e. The van der Waals surface area contributed by atoms with Crippen molar-refractivity contribution in [3.8, 4) is 0 Å². The molecule has 0 radical (unpaired) electrons. The molecule has 0 aliphatic heterocycles. The molecule has 0 fully saturated rings. The lowest BCUT2D eigenvalue weighted by Crippen LogP contribution is -2.32. The number of hydrogen-bond acceptors (Lipinski definition) is 3. The SMILES string of the molecule is CN(C)C(=O)CC(NC(=O)O)c1cccs1. The van der Waals surface area contributed by atoms with Gasteiger partial charge in [-0.15, -0.1) is 11.3 Å². The van der Waals surface area contributed by atoms with Crippen molar-refractivity contribution in [3.05, 3.63) is 22.4 Å². The van der Waals surface area contributed by atoms with Gasteiger partial charge in [-0.25, -0.2) is 4.79 Å². The molecular formula is C10H14N2O3S. The standard InChI is InChI=1S/C10H14N2O3S/c1-12(2)9(13)6-7(11-10(14)15)8-4-3-5-16-8/h3-5,7,11H,6H2,1-2H3,(H,14,15). The highest BCUT2D eigenvalue weighted by atomic mass is 32.1. The summed E-state index contributed by atoms with van der Waals surface area (Å²) in [6, 6.07) is 3.18. The molecule has 0 aromatic carbocycles. The van der Waals surface area contributed by atoms with Crippen molar-refractivity contribution < 1.29 is 14.7 Å². The summed E-state index contributed by atoms with van der Waals surface area (Å²) in [6.45, 7) is 0. The number of nitrogens with one attached hydrogen (secondary N) is 1. The topological polar surface area (TPSA) is 69.6 Å². The van der Waals surface area contributed by atoms with Gasteiger partial charge >= 0.3 is 6.09 Å². The zero-order valence-electron chi connectivity index (χ0n) is 9.14.